The van der Waals surface area contributed by atoms with Crippen LogP contribution in [0.3, 0.4) is 0 Å². The third-order valence-corrected chi connectivity index (χ3v) is 3.70. The van der Waals surface area contributed by atoms with E-state index in [-0.39, 0.29) is 17.4 Å². The zero-order chi connectivity index (χ0) is 16.6. The van der Waals surface area contributed by atoms with Crippen LogP contribution in [-0.4, -0.2) is 21.8 Å². The monoisotopic (exact) mass is 328 g/mol. The summed E-state index contributed by atoms with van der Waals surface area (Å²) in [4.78, 5) is 12.6. The molecular weight excluding hydrogens is 316 g/mol. The van der Waals surface area contributed by atoms with Gasteiger partial charge in [0.25, 0.3) is 5.91 Å². The van der Waals surface area contributed by atoms with Crippen LogP contribution in [-0.2, 0) is 4.79 Å². The molecule has 0 saturated carbocycles. The predicted octanol–water partition coefficient (Wildman–Crippen LogP) is 3.56. The maximum Gasteiger partial charge on any atom is 0.280 e. The largest absolute Gasteiger partial charge is 0.508 e. The molecule has 6 heteroatoms. The highest BCUT2D eigenvalue weighted by atomic mass is 35.5. The Bertz CT molecular complexity index is 841. The molecule has 0 aromatic heterocycles. The summed E-state index contributed by atoms with van der Waals surface area (Å²) in [5.74, 6) is -0.448. The van der Waals surface area contributed by atoms with E-state index in [1.807, 2.05) is 0 Å². The standard InChI is InChI=1S/C17H13ClN2O3/c1-10-15(8-11-2-7-14(21)9-16(11)22)17(23)20(19-10)13-5-3-12(18)4-6-13/h2-9,21-22H,1H3/b15-8-. The molecule has 2 N–H and O–H groups in total. The van der Waals surface area contributed by atoms with E-state index >= 15 is 0 Å². The fourth-order valence-electron chi connectivity index (χ4n) is 2.25. The van der Waals surface area contributed by atoms with Crippen molar-refractivity contribution in [3.05, 3.63) is 58.6 Å². The maximum absolute atomic E-state index is 12.6. The van der Waals surface area contributed by atoms with Crippen LogP contribution in [0.25, 0.3) is 6.08 Å². The van der Waals surface area contributed by atoms with E-state index in [2.05, 4.69) is 5.10 Å². The van der Waals surface area contributed by atoms with Crippen molar-refractivity contribution in [2.45, 2.75) is 6.92 Å². The molecule has 0 atom stereocenters. The zero-order valence-electron chi connectivity index (χ0n) is 12.2. The number of carbonyl (C=O) groups excluding carboxylic acids is 1. The molecule has 0 unspecified atom stereocenters. The SMILES string of the molecule is CC1=NN(c2ccc(Cl)cc2)C(=O)/C1=C\c1ccc(O)cc1O. The van der Waals surface area contributed by atoms with Crippen LogP contribution in [0.1, 0.15) is 12.5 Å². The molecule has 0 fully saturated rings. The minimum Gasteiger partial charge on any atom is -0.508 e. The van der Waals surface area contributed by atoms with Crippen LogP contribution in [0.15, 0.2) is 53.1 Å². The molecule has 0 spiro atoms. The van der Waals surface area contributed by atoms with Gasteiger partial charge in [0.05, 0.1) is 17.0 Å². The van der Waals surface area contributed by atoms with Gasteiger partial charge in [0.15, 0.2) is 0 Å². The Morgan fingerprint density at radius 3 is 2.48 bits per heavy atom. The molecule has 0 radical (unpaired) electrons. The third kappa shape index (κ3) is 2.91. The lowest BCUT2D eigenvalue weighted by atomic mass is 10.1. The topological polar surface area (TPSA) is 73.1 Å². The summed E-state index contributed by atoms with van der Waals surface area (Å²) < 4.78 is 0. The first-order valence-corrected chi connectivity index (χ1v) is 7.23. The molecule has 2 aromatic carbocycles. The van der Waals surface area contributed by atoms with Gasteiger partial charge in [0, 0.05) is 16.7 Å². The van der Waals surface area contributed by atoms with Gasteiger partial charge in [0.2, 0.25) is 0 Å². The molecule has 1 amide bonds. The van der Waals surface area contributed by atoms with E-state index in [9.17, 15) is 15.0 Å². The van der Waals surface area contributed by atoms with Gasteiger partial charge in [-0.3, -0.25) is 4.79 Å². The quantitative estimate of drug-likeness (QED) is 0.828. The second-order valence-corrected chi connectivity index (χ2v) is 5.52. The molecule has 0 bridgehead atoms. The van der Waals surface area contributed by atoms with Gasteiger partial charge in [-0.2, -0.15) is 10.1 Å². The highest BCUT2D eigenvalue weighted by Crippen LogP contribution is 2.29. The van der Waals surface area contributed by atoms with E-state index in [0.29, 0.717) is 27.6 Å². The average molecular weight is 329 g/mol. The van der Waals surface area contributed by atoms with E-state index in [1.54, 1.807) is 37.3 Å². The van der Waals surface area contributed by atoms with Gasteiger partial charge < -0.3 is 10.2 Å². The Balaban J connectivity index is 1.96. The summed E-state index contributed by atoms with van der Waals surface area (Å²) in [6.07, 6.45) is 1.55. The molecule has 116 valence electrons. The van der Waals surface area contributed by atoms with Crippen LogP contribution >= 0.6 is 11.6 Å². The van der Waals surface area contributed by atoms with Crippen molar-refractivity contribution in [2.24, 2.45) is 5.10 Å². The number of halogens is 1. The molecular formula is C17H13ClN2O3. The van der Waals surface area contributed by atoms with Crippen molar-refractivity contribution >= 4 is 35.0 Å². The summed E-state index contributed by atoms with van der Waals surface area (Å²) in [7, 11) is 0. The molecule has 23 heavy (non-hydrogen) atoms. The van der Waals surface area contributed by atoms with Crippen molar-refractivity contribution in [1.29, 1.82) is 0 Å². The van der Waals surface area contributed by atoms with E-state index in [1.165, 1.54) is 23.2 Å². The molecule has 1 aliphatic rings. The number of carbonyl (C=O) groups is 1. The molecule has 0 aliphatic carbocycles. The van der Waals surface area contributed by atoms with Crippen LogP contribution in [0.5, 0.6) is 11.5 Å². The van der Waals surface area contributed by atoms with Gasteiger partial charge in [0.1, 0.15) is 11.5 Å². The van der Waals surface area contributed by atoms with E-state index in [4.69, 9.17) is 11.6 Å². The van der Waals surface area contributed by atoms with Crippen molar-refractivity contribution in [1.82, 2.24) is 0 Å². The van der Waals surface area contributed by atoms with Crippen LogP contribution in [0.2, 0.25) is 5.02 Å². The van der Waals surface area contributed by atoms with Gasteiger partial charge in [-0.1, -0.05) is 11.6 Å². The third-order valence-electron chi connectivity index (χ3n) is 3.45. The second-order valence-electron chi connectivity index (χ2n) is 5.08. The Labute approximate surface area is 137 Å². The minimum atomic E-state index is -0.294. The predicted molar refractivity (Wildman–Crippen MR) is 89.8 cm³/mol. The van der Waals surface area contributed by atoms with Crippen molar-refractivity contribution in [3.63, 3.8) is 0 Å². The van der Waals surface area contributed by atoms with Crippen LogP contribution in [0, 0.1) is 0 Å². The summed E-state index contributed by atoms with van der Waals surface area (Å²) in [6.45, 7) is 1.72. The first-order chi connectivity index (χ1) is 11.0. The summed E-state index contributed by atoms with van der Waals surface area (Å²) in [5, 5.41) is 25.3. The number of aromatic hydroxyl groups is 2. The average Bonchev–Trinajstić information content (AvgIpc) is 2.78. The number of benzene rings is 2. The number of anilines is 1. The number of amides is 1. The fourth-order valence-corrected chi connectivity index (χ4v) is 2.38. The van der Waals surface area contributed by atoms with Crippen molar-refractivity contribution in [3.8, 4) is 11.5 Å². The molecule has 3 rings (SSSR count). The maximum atomic E-state index is 12.6. The lowest BCUT2D eigenvalue weighted by Crippen LogP contribution is -2.21. The van der Waals surface area contributed by atoms with Crippen molar-refractivity contribution < 1.29 is 15.0 Å². The Morgan fingerprint density at radius 2 is 1.83 bits per heavy atom. The summed E-state index contributed by atoms with van der Waals surface area (Å²) in [6, 6.07) is 11.0. The first kappa shape index (κ1) is 15.1. The second kappa shape index (κ2) is 5.78. The Morgan fingerprint density at radius 1 is 1.13 bits per heavy atom. The van der Waals surface area contributed by atoms with Gasteiger partial charge in [-0.05, 0) is 49.4 Å². The number of phenolic OH excluding ortho intramolecular Hbond substituents is 2. The number of phenols is 2. The highest BCUT2D eigenvalue weighted by Gasteiger charge is 2.28. The van der Waals surface area contributed by atoms with Crippen LogP contribution < -0.4 is 5.01 Å². The minimum absolute atomic E-state index is 0.0458. The summed E-state index contributed by atoms with van der Waals surface area (Å²) in [5.41, 5.74) is 1.95. The van der Waals surface area contributed by atoms with E-state index in [0.717, 1.165) is 0 Å². The molecule has 1 aliphatic heterocycles. The molecule has 1 heterocycles. The van der Waals surface area contributed by atoms with E-state index < -0.39 is 0 Å². The molecule has 0 saturated heterocycles. The number of hydrazone groups is 1. The fraction of sp³-hybridized carbons (Fsp3) is 0.0588. The number of nitrogens with zero attached hydrogens (tertiary/aromatic N) is 2. The number of hydrogen-bond acceptors (Lipinski definition) is 4. The highest BCUT2D eigenvalue weighted by molar-refractivity contribution is 6.32. The smallest absolute Gasteiger partial charge is 0.280 e. The molecule has 2 aromatic rings. The van der Waals surface area contributed by atoms with Gasteiger partial charge in [-0.25, -0.2) is 0 Å². The number of rotatable bonds is 2. The summed E-state index contributed by atoms with van der Waals surface area (Å²) >= 11 is 5.85. The van der Waals surface area contributed by atoms with Gasteiger partial charge >= 0.3 is 0 Å². The lowest BCUT2D eigenvalue weighted by molar-refractivity contribution is -0.114. The zero-order valence-corrected chi connectivity index (χ0v) is 12.9. The van der Waals surface area contributed by atoms with Gasteiger partial charge in [-0.15, -0.1) is 0 Å². The Kier molecular flexibility index (Phi) is 3.80. The molecule has 5 nitrogen and oxygen atoms in total. The Hall–Kier alpha value is -2.79. The number of hydrogen-bond donors (Lipinski definition) is 2. The lowest BCUT2D eigenvalue weighted by Gasteiger charge is -2.11. The van der Waals surface area contributed by atoms with Crippen molar-refractivity contribution in [2.75, 3.05) is 5.01 Å². The normalized spacial score (nSPS) is 16.1. The first-order valence-electron chi connectivity index (χ1n) is 6.85. The van der Waals surface area contributed by atoms with Crippen LogP contribution in [0.4, 0.5) is 5.69 Å².